The molecule has 0 atom stereocenters. The first-order valence-electron chi connectivity index (χ1n) is 9.48. The number of aromatic amines is 1. The summed E-state index contributed by atoms with van der Waals surface area (Å²) >= 11 is 0. The molecule has 1 N–H and O–H groups in total. The van der Waals surface area contributed by atoms with Gasteiger partial charge in [-0.3, -0.25) is 9.69 Å². The lowest BCUT2D eigenvalue weighted by Crippen LogP contribution is -2.48. The number of halogens is 1. The van der Waals surface area contributed by atoms with Gasteiger partial charge >= 0.3 is 0 Å². The molecule has 2 heterocycles. The lowest BCUT2D eigenvalue weighted by Gasteiger charge is -2.35. The molecule has 0 unspecified atom stereocenters. The summed E-state index contributed by atoms with van der Waals surface area (Å²) in [7, 11) is 1.62. The fourth-order valence-electron chi connectivity index (χ4n) is 3.93. The third-order valence-corrected chi connectivity index (χ3v) is 5.40. The highest BCUT2D eigenvalue weighted by Gasteiger charge is 2.23. The van der Waals surface area contributed by atoms with Crippen molar-refractivity contribution in [3.8, 4) is 5.75 Å². The third-order valence-electron chi connectivity index (χ3n) is 5.40. The van der Waals surface area contributed by atoms with Crippen LogP contribution in [0.25, 0.3) is 10.9 Å². The van der Waals surface area contributed by atoms with Crippen molar-refractivity contribution in [3.05, 3.63) is 59.5 Å². The van der Waals surface area contributed by atoms with Crippen LogP contribution in [0.15, 0.2) is 42.5 Å². The quantitative estimate of drug-likeness (QED) is 0.686. The van der Waals surface area contributed by atoms with Gasteiger partial charge in [-0.05, 0) is 37.3 Å². The van der Waals surface area contributed by atoms with Gasteiger partial charge in [0.2, 0.25) is 0 Å². The molecule has 0 radical (unpaired) electrons. The SMILES string of the molecule is COc1ccc2[nH]c(C)c(C(=O)CN3CCN(c4ccccc4F)CC3)c2c1. The van der Waals surface area contributed by atoms with Crippen molar-refractivity contribution in [2.45, 2.75) is 6.92 Å². The summed E-state index contributed by atoms with van der Waals surface area (Å²) in [6.45, 7) is 5.14. The average molecular weight is 381 g/mol. The molecule has 0 aliphatic carbocycles. The summed E-state index contributed by atoms with van der Waals surface area (Å²) in [5.74, 6) is 0.630. The van der Waals surface area contributed by atoms with E-state index in [2.05, 4.69) is 9.88 Å². The van der Waals surface area contributed by atoms with Crippen LogP contribution in [0, 0.1) is 12.7 Å². The molecule has 0 saturated carbocycles. The number of carbonyl (C=O) groups excluding carboxylic acids is 1. The van der Waals surface area contributed by atoms with Crippen molar-refractivity contribution in [2.75, 3.05) is 44.7 Å². The summed E-state index contributed by atoms with van der Waals surface area (Å²) in [4.78, 5) is 20.5. The van der Waals surface area contributed by atoms with Crippen LogP contribution in [-0.2, 0) is 0 Å². The minimum atomic E-state index is -0.199. The van der Waals surface area contributed by atoms with E-state index in [1.807, 2.05) is 36.1 Å². The monoisotopic (exact) mass is 381 g/mol. The molecule has 0 spiro atoms. The molecule has 3 aromatic rings. The molecule has 1 saturated heterocycles. The fraction of sp³-hybridized carbons (Fsp3) is 0.318. The predicted octanol–water partition coefficient (Wildman–Crippen LogP) is 3.63. The molecule has 1 fully saturated rings. The maximum absolute atomic E-state index is 14.0. The molecular weight excluding hydrogens is 357 g/mol. The van der Waals surface area contributed by atoms with Gasteiger partial charge in [0.25, 0.3) is 0 Å². The maximum atomic E-state index is 14.0. The number of carbonyl (C=O) groups is 1. The molecule has 1 aliphatic rings. The summed E-state index contributed by atoms with van der Waals surface area (Å²) < 4.78 is 19.3. The van der Waals surface area contributed by atoms with Crippen molar-refractivity contribution < 1.29 is 13.9 Å². The molecule has 6 heteroatoms. The van der Waals surface area contributed by atoms with Gasteiger partial charge in [-0.2, -0.15) is 0 Å². The Morgan fingerprint density at radius 2 is 1.89 bits per heavy atom. The molecule has 0 bridgehead atoms. The third kappa shape index (κ3) is 3.47. The number of anilines is 1. The lowest BCUT2D eigenvalue weighted by molar-refractivity contribution is 0.0927. The number of hydrogen-bond acceptors (Lipinski definition) is 4. The van der Waals surface area contributed by atoms with E-state index in [4.69, 9.17) is 4.74 Å². The summed E-state index contributed by atoms with van der Waals surface area (Å²) in [5, 5.41) is 0.895. The van der Waals surface area contributed by atoms with Crippen molar-refractivity contribution in [1.29, 1.82) is 0 Å². The summed E-state index contributed by atoms with van der Waals surface area (Å²) in [6, 6.07) is 12.6. The maximum Gasteiger partial charge on any atom is 0.179 e. The number of Topliss-reactive ketones (excluding diaryl/α,β-unsaturated/α-hetero) is 1. The molecule has 146 valence electrons. The second-order valence-corrected chi connectivity index (χ2v) is 7.17. The van der Waals surface area contributed by atoms with Crippen molar-refractivity contribution >= 4 is 22.4 Å². The number of piperazine rings is 1. The first kappa shape index (κ1) is 18.5. The molecule has 4 rings (SSSR count). The molecular formula is C22H24FN3O2. The van der Waals surface area contributed by atoms with Crippen molar-refractivity contribution in [1.82, 2.24) is 9.88 Å². The second-order valence-electron chi connectivity index (χ2n) is 7.17. The number of benzene rings is 2. The minimum Gasteiger partial charge on any atom is -0.497 e. The molecule has 0 amide bonds. The Hall–Kier alpha value is -2.86. The van der Waals surface area contributed by atoms with Gasteiger partial charge < -0.3 is 14.6 Å². The van der Waals surface area contributed by atoms with E-state index in [1.165, 1.54) is 6.07 Å². The topological polar surface area (TPSA) is 48.6 Å². The van der Waals surface area contributed by atoms with Crippen LogP contribution in [0.5, 0.6) is 5.75 Å². The number of fused-ring (bicyclic) bond motifs is 1. The Morgan fingerprint density at radius 1 is 1.14 bits per heavy atom. The average Bonchev–Trinajstić information content (AvgIpc) is 3.04. The van der Waals surface area contributed by atoms with Gasteiger partial charge in [-0.15, -0.1) is 0 Å². The van der Waals surface area contributed by atoms with Crippen LogP contribution in [0.3, 0.4) is 0 Å². The number of methoxy groups -OCH3 is 1. The van der Waals surface area contributed by atoms with Gasteiger partial charge in [0.15, 0.2) is 5.78 Å². The first-order chi connectivity index (χ1) is 13.6. The number of H-pyrrole nitrogens is 1. The Balaban J connectivity index is 1.46. The summed E-state index contributed by atoms with van der Waals surface area (Å²) in [5.41, 5.74) is 3.17. The second kappa shape index (κ2) is 7.64. The van der Waals surface area contributed by atoms with E-state index >= 15 is 0 Å². The normalized spacial score (nSPS) is 15.2. The Labute approximate surface area is 163 Å². The highest BCUT2D eigenvalue weighted by molar-refractivity contribution is 6.10. The molecule has 1 aromatic heterocycles. The van der Waals surface area contributed by atoms with Crippen LogP contribution in [0.1, 0.15) is 16.1 Å². The van der Waals surface area contributed by atoms with Crippen molar-refractivity contribution in [2.24, 2.45) is 0 Å². The van der Waals surface area contributed by atoms with E-state index < -0.39 is 0 Å². The van der Waals surface area contributed by atoms with Crippen LogP contribution in [0.4, 0.5) is 10.1 Å². The molecule has 2 aromatic carbocycles. The van der Waals surface area contributed by atoms with E-state index in [-0.39, 0.29) is 11.6 Å². The van der Waals surface area contributed by atoms with E-state index in [9.17, 15) is 9.18 Å². The highest BCUT2D eigenvalue weighted by atomic mass is 19.1. The van der Waals surface area contributed by atoms with E-state index in [0.29, 0.717) is 25.3 Å². The van der Waals surface area contributed by atoms with Crippen LogP contribution in [-0.4, -0.2) is 55.5 Å². The van der Waals surface area contributed by atoms with E-state index in [1.54, 1.807) is 19.2 Å². The standard InChI is InChI=1S/C22H24FN3O2/c1-15-22(17-13-16(28-2)7-8-19(17)24-15)21(27)14-25-9-11-26(12-10-25)20-6-4-3-5-18(20)23/h3-8,13,24H,9-12,14H2,1-2H3. The number of aromatic nitrogens is 1. The van der Waals surface area contributed by atoms with Crippen LogP contribution < -0.4 is 9.64 Å². The zero-order valence-corrected chi connectivity index (χ0v) is 16.2. The van der Waals surface area contributed by atoms with Gasteiger partial charge in [-0.1, -0.05) is 12.1 Å². The molecule has 5 nitrogen and oxygen atoms in total. The van der Waals surface area contributed by atoms with Gasteiger partial charge in [0, 0.05) is 48.3 Å². The molecule has 1 aliphatic heterocycles. The number of aryl methyl sites for hydroxylation is 1. The number of ketones is 1. The Kier molecular flexibility index (Phi) is 5.05. The lowest BCUT2D eigenvalue weighted by atomic mass is 10.1. The Bertz CT molecular complexity index is 1010. The Morgan fingerprint density at radius 3 is 2.61 bits per heavy atom. The number of hydrogen-bond donors (Lipinski definition) is 1. The van der Waals surface area contributed by atoms with E-state index in [0.717, 1.165) is 41.0 Å². The van der Waals surface area contributed by atoms with Crippen LogP contribution in [0.2, 0.25) is 0 Å². The smallest absolute Gasteiger partial charge is 0.179 e. The molecule has 28 heavy (non-hydrogen) atoms. The first-order valence-corrected chi connectivity index (χ1v) is 9.48. The highest BCUT2D eigenvalue weighted by Crippen LogP contribution is 2.27. The number of para-hydroxylation sites is 1. The van der Waals surface area contributed by atoms with Crippen molar-refractivity contribution in [3.63, 3.8) is 0 Å². The largest absolute Gasteiger partial charge is 0.497 e. The summed E-state index contributed by atoms with van der Waals surface area (Å²) in [6.07, 6.45) is 0. The number of nitrogens with one attached hydrogen (secondary N) is 1. The van der Waals surface area contributed by atoms with Gasteiger partial charge in [0.05, 0.1) is 19.3 Å². The van der Waals surface area contributed by atoms with Gasteiger partial charge in [0.1, 0.15) is 11.6 Å². The fourth-order valence-corrected chi connectivity index (χ4v) is 3.93. The van der Waals surface area contributed by atoms with Crippen LogP contribution >= 0.6 is 0 Å². The number of ether oxygens (including phenoxy) is 1. The zero-order chi connectivity index (χ0) is 19.7. The predicted molar refractivity (Wildman–Crippen MR) is 109 cm³/mol. The number of nitrogens with zero attached hydrogens (tertiary/aromatic N) is 2. The van der Waals surface area contributed by atoms with Gasteiger partial charge in [-0.25, -0.2) is 4.39 Å². The number of rotatable bonds is 5. The zero-order valence-electron chi connectivity index (χ0n) is 16.2. The minimum absolute atomic E-state index is 0.0938.